The molecular weight excluding hydrogens is 310 g/mol. The molecule has 1 aromatic rings. The molecule has 1 aliphatic carbocycles. The van der Waals surface area contributed by atoms with Gasteiger partial charge in [0.15, 0.2) is 0 Å². The van der Waals surface area contributed by atoms with Crippen molar-refractivity contribution in [3.8, 4) is 0 Å². The number of carbonyl (C=O) groups excluding carboxylic acids is 1. The van der Waals surface area contributed by atoms with Crippen LogP contribution in [0.1, 0.15) is 56.7 Å². The van der Waals surface area contributed by atoms with E-state index >= 15 is 0 Å². The first-order valence-corrected chi connectivity index (χ1v) is 10.1. The molecule has 1 spiro atoms. The summed E-state index contributed by atoms with van der Waals surface area (Å²) in [5.74, 6) is 1.19. The van der Waals surface area contributed by atoms with Crippen LogP contribution in [0.5, 0.6) is 0 Å². The molecule has 4 rings (SSSR count). The van der Waals surface area contributed by atoms with Crippen molar-refractivity contribution in [3.63, 3.8) is 0 Å². The monoisotopic (exact) mass is 341 g/mol. The molecule has 4 nitrogen and oxygen atoms in total. The average molecular weight is 341 g/mol. The number of carbonyl (C=O) groups is 1. The maximum atomic E-state index is 12.3. The minimum Gasteiger partial charge on any atom is -0.342 e. The van der Waals surface area contributed by atoms with Crippen LogP contribution in [-0.2, 0) is 17.8 Å². The van der Waals surface area contributed by atoms with Gasteiger partial charge >= 0.3 is 0 Å². The van der Waals surface area contributed by atoms with E-state index in [2.05, 4.69) is 33.8 Å². The van der Waals surface area contributed by atoms with Gasteiger partial charge in [-0.15, -0.1) is 0 Å². The molecule has 25 heavy (non-hydrogen) atoms. The minimum atomic E-state index is 0.324. The smallest absolute Gasteiger partial charge is 0.222 e. The highest BCUT2D eigenvalue weighted by Crippen LogP contribution is 2.40. The zero-order valence-corrected chi connectivity index (χ0v) is 15.5. The van der Waals surface area contributed by atoms with E-state index in [0.717, 1.165) is 57.9 Å². The molecule has 3 fully saturated rings. The highest BCUT2D eigenvalue weighted by Gasteiger charge is 2.42. The minimum absolute atomic E-state index is 0.324. The summed E-state index contributed by atoms with van der Waals surface area (Å²) in [6.45, 7) is 7.40. The highest BCUT2D eigenvalue weighted by atomic mass is 16.2. The van der Waals surface area contributed by atoms with Crippen LogP contribution in [-0.4, -0.2) is 46.9 Å². The van der Waals surface area contributed by atoms with Gasteiger partial charge in [-0.25, -0.2) is 0 Å². The summed E-state index contributed by atoms with van der Waals surface area (Å²) < 4.78 is 0. The van der Waals surface area contributed by atoms with Crippen molar-refractivity contribution in [3.05, 3.63) is 29.6 Å². The Morgan fingerprint density at radius 1 is 1.24 bits per heavy atom. The molecule has 4 heteroatoms. The molecule has 0 N–H and O–H groups in total. The fourth-order valence-electron chi connectivity index (χ4n) is 4.65. The summed E-state index contributed by atoms with van der Waals surface area (Å²) in [6.07, 6.45) is 10.1. The van der Waals surface area contributed by atoms with Gasteiger partial charge in [-0.05, 0) is 62.6 Å². The lowest BCUT2D eigenvalue weighted by atomic mass is 9.73. The molecule has 0 aromatic carbocycles. The lowest BCUT2D eigenvalue weighted by Crippen LogP contribution is -2.54. The lowest BCUT2D eigenvalue weighted by molar-refractivity contribution is -0.139. The van der Waals surface area contributed by atoms with Crippen LogP contribution in [0.3, 0.4) is 0 Å². The maximum absolute atomic E-state index is 12.3. The van der Waals surface area contributed by atoms with E-state index in [9.17, 15) is 4.79 Å². The topological polar surface area (TPSA) is 36.4 Å². The first-order valence-electron chi connectivity index (χ1n) is 10.1. The fourth-order valence-corrected chi connectivity index (χ4v) is 4.65. The number of amides is 1. The zero-order valence-electron chi connectivity index (χ0n) is 15.5. The molecule has 1 unspecified atom stereocenters. The predicted octanol–water partition coefficient (Wildman–Crippen LogP) is 3.26. The van der Waals surface area contributed by atoms with Gasteiger partial charge in [0.25, 0.3) is 0 Å². The summed E-state index contributed by atoms with van der Waals surface area (Å²) in [7, 11) is 0. The summed E-state index contributed by atoms with van der Waals surface area (Å²) in [6, 6.07) is 4.39. The van der Waals surface area contributed by atoms with E-state index in [4.69, 9.17) is 0 Å². The quantitative estimate of drug-likeness (QED) is 0.825. The van der Waals surface area contributed by atoms with E-state index in [1.807, 2.05) is 6.20 Å². The van der Waals surface area contributed by atoms with Crippen LogP contribution < -0.4 is 0 Å². The third kappa shape index (κ3) is 4.05. The molecule has 1 amide bonds. The molecule has 136 valence electrons. The van der Waals surface area contributed by atoms with Gasteiger partial charge in [-0.3, -0.25) is 14.7 Å². The van der Waals surface area contributed by atoms with Crippen molar-refractivity contribution in [2.45, 2.75) is 58.4 Å². The van der Waals surface area contributed by atoms with E-state index < -0.39 is 0 Å². The molecule has 0 bridgehead atoms. The van der Waals surface area contributed by atoms with Crippen LogP contribution in [0.2, 0.25) is 0 Å². The first-order chi connectivity index (χ1) is 12.2. The van der Waals surface area contributed by atoms with Gasteiger partial charge in [0.2, 0.25) is 5.91 Å². The zero-order chi connectivity index (χ0) is 17.3. The van der Waals surface area contributed by atoms with E-state index in [-0.39, 0.29) is 0 Å². The van der Waals surface area contributed by atoms with Gasteiger partial charge in [0.05, 0.1) is 5.69 Å². The van der Waals surface area contributed by atoms with Crippen molar-refractivity contribution < 1.29 is 4.79 Å². The third-order valence-corrected chi connectivity index (χ3v) is 6.34. The number of rotatable bonds is 5. The Kier molecular flexibility index (Phi) is 4.81. The number of piperidine rings is 2. The first kappa shape index (κ1) is 17.0. The van der Waals surface area contributed by atoms with Crippen molar-refractivity contribution in [1.82, 2.24) is 14.8 Å². The molecule has 2 aliphatic heterocycles. The predicted molar refractivity (Wildman–Crippen MR) is 99.1 cm³/mol. The number of aryl methyl sites for hydroxylation is 1. The Morgan fingerprint density at radius 3 is 2.84 bits per heavy atom. The van der Waals surface area contributed by atoms with Gasteiger partial charge in [-0.1, -0.05) is 13.0 Å². The SMILES string of the molecule is CCc1ccc(CN2CCCC3(CCC(=O)N(CC4CC4)C3)C2)nc1. The third-order valence-electron chi connectivity index (χ3n) is 6.34. The maximum Gasteiger partial charge on any atom is 0.222 e. The Balaban J connectivity index is 1.39. The Hall–Kier alpha value is -1.42. The van der Waals surface area contributed by atoms with Crippen LogP contribution in [0.25, 0.3) is 0 Å². The summed E-state index contributed by atoms with van der Waals surface area (Å²) in [5.41, 5.74) is 2.81. The van der Waals surface area contributed by atoms with Crippen molar-refractivity contribution in [2.24, 2.45) is 11.3 Å². The van der Waals surface area contributed by atoms with Crippen molar-refractivity contribution in [2.75, 3.05) is 26.2 Å². The second-order valence-corrected chi connectivity index (χ2v) is 8.54. The second-order valence-electron chi connectivity index (χ2n) is 8.54. The van der Waals surface area contributed by atoms with Crippen LogP contribution in [0.4, 0.5) is 0 Å². The van der Waals surface area contributed by atoms with Gasteiger partial charge in [-0.2, -0.15) is 0 Å². The van der Waals surface area contributed by atoms with Crippen LogP contribution in [0.15, 0.2) is 18.3 Å². The van der Waals surface area contributed by atoms with Gasteiger partial charge in [0, 0.05) is 44.2 Å². The second kappa shape index (κ2) is 7.06. The number of aromatic nitrogens is 1. The molecule has 1 atom stereocenters. The van der Waals surface area contributed by atoms with Crippen molar-refractivity contribution in [1.29, 1.82) is 0 Å². The molecule has 1 saturated carbocycles. The molecular formula is C21H31N3O. The molecule has 1 aromatic heterocycles. The number of likely N-dealkylation sites (tertiary alicyclic amines) is 2. The van der Waals surface area contributed by atoms with Crippen LogP contribution in [0, 0.1) is 11.3 Å². The standard InChI is InChI=1S/C21H31N3O/c1-2-17-6-7-19(22-12-17)14-23-11-3-9-21(15-23)10-8-20(25)24(16-21)13-18-4-5-18/h6-7,12,18H,2-5,8-11,13-16H2,1H3. The van der Waals surface area contributed by atoms with E-state index in [0.29, 0.717) is 11.3 Å². The Bertz CT molecular complexity index is 610. The lowest BCUT2D eigenvalue weighted by Gasteiger charge is -2.48. The Labute approximate surface area is 151 Å². The number of hydrogen-bond acceptors (Lipinski definition) is 3. The number of hydrogen-bond donors (Lipinski definition) is 0. The average Bonchev–Trinajstić information content (AvgIpc) is 3.43. The molecule has 3 aliphatic rings. The number of pyridine rings is 1. The number of nitrogens with zero attached hydrogens (tertiary/aromatic N) is 3. The van der Waals surface area contributed by atoms with Crippen LogP contribution >= 0.6 is 0 Å². The summed E-state index contributed by atoms with van der Waals surface area (Å²) >= 11 is 0. The van der Waals surface area contributed by atoms with Gasteiger partial charge < -0.3 is 4.90 Å². The van der Waals surface area contributed by atoms with E-state index in [1.165, 1.54) is 36.9 Å². The molecule has 0 radical (unpaired) electrons. The highest BCUT2D eigenvalue weighted by molar-refractivity contribution is 5.77. The summed E-state index contributed by atoms with van der Waals surface area (Å²) in [4.78, 5) is 21.7. The molecule has 2 saturated heterocycles. The van der Waals surface area contributed by atoms with Crippen molar-refractivity contribution >= 4 is 5.91 Å². The van der Waals surface area contributed by atoms with Gasteiger partial charge in [0.1, 0.15) is 0 Å². The van der Waals surface area contributed by atoms with E-state index in [1.54, 1.807) is 0 Å². The largest absolute Gasteiger partial charge is 0.342 e. The summed E-state index contributed by atoms with van der Waals surface area (Å²) in [5, 5.41) is 0. The fraction of sp³-hybridized carbons (Fsp3) is 0.714. The Morgan fingerprint density at radius 2 is 2.12 bits per heavy atom. The molecule has 3 heterocycles. The normalized spacial score (nSPS) is 27.9.